The number of phosphoric ester groups is 1. The van der Waals surface area contributed by atoms with Gasteiger partial charge in [-0.05, 0) is 45.1 Å². The first-order chi connectivity index (χ1) is 17.0. The van der Waals surface area contributed by atoms with Crippen molar-refractivity contribution in [1.82, 2.24) is 9.55 Å². The minimum Gasteiger partial charge on any atom is -0.469 e. The van der Waals surface area contributed by atoms with Crippen LogP contribution in [-0.4, -0.2) is 16.2 Å². The normalized spacial score (nSPS) is 22.0. The highest BCUT2D eigenvalue weighted by Gasteiger charge is 2.41. The van der Waals surface area contributed by atoms with Crippen molar-refractivity contribution in [2.45, 2.75) is 71.6 Å². The van der Waals surface area contributed by atoms with Gasteiger partial charge in [-0.1, -0.05) is 41.5 Å². The quantitative estimate of drug-likeness (QED) is 0.333. The van der Waals surface area contributed by atoms with E-state index in [1.54, 1.807) is 28.7 Å². The van der Waals surface area contributed by atoms with Crippen LogP contribution in [-0.2, 0) is 35.8 Å². The molecule has 4 rings (SSSR count). The lowest BCUT2D eigenvalue weighted by molar-refractivity contribution is 0.0527. The number of H-pyrrole nitrogens is 1. The monoisotopic (exact) mass is 652 g/mol. The maximum atomic E-state index is 15.4. The van der Waals surface area contributed by atoms with Gasteiger partial charge in [0, 0.05) is 11.8 Å². The Bertz CT molecular complexity index is 1450. The van der Waals surface area contributed by atoms with Crippen LogP contribution in [0.1, 0.15) is 70.9 Å². The molecule has 9 nitrogen and oxygen atoms in total. The van der Waals surface area contributed by atoms with Crippen LogP contribution in [0, 0.1) is 9.39 Å². The molecule has 1 aromatic carbocycles. The summed E-state index contributed by atoms with van der Waals surface area (Å²) in [6.45, 7) is 10.5. The van der Waals surface area contributed by atoms with E-state index in [9.17, 15) is 18.5 Å². The molecule has 2 aromatic rings. The molecule has 0 saturated heterocycles. The van der Waals surface area contributed by atoms with Crippen molar-refractivity contribution in [3.63, 3.8) is 0 Å². The molecule has 0 aliphatic carbocycles. The molecule has 1 N–H and O–H groups in total. The zero-order valence-electron chi connectivity index (χ0n) is 21.2. The van der Waals surface area contributed by atoms with Crippen molar-refractivity contribution in [1.29, 1.82) is 0 Å². The molecule has 0 radical (unpaired) electrons. The molecule has 3 heterocycles. The molecule has 37 heavy (non-hydrogen) atoms. The van der Waals surface area contributed by atoms with E-state index in [4.69, 9.17) is 18.3 Å². The number of hydrogen-bond donors (Lipinski definition) is 1. The van der Waals surface area contributed by atoms with E-state index in [0.29, 0.717) is 11.1 Å². The van der Waals surface area contributed by atoms with Crippen LogP contribution in [0.5, 0.6) is 5.75 Å². The number of nitrogens with zero attached hydrogens (tertiary/aromatic N) is 1. The maximum absolute atomic E-state index is 15.4. The second-order valence-corrected chi connectivity index (χ2v) is 13.7. The number of hydrogen-bond acceptors (Lipinski definition) is 7. The Morgan fingerprint density at radius 3 is 2.43 bits per heavy atom. The molecule has 2 aliphatic heterocycles. The van der Waals surface area contributed by atoms with Gasteiger partial charge in [0.2, 0.25) is 0 Å². The lowest BCUT2D eigenvalue weighted by Gasteiger charge is -2.33. The van der Waals surface area contributed by atoms with Crippen LogP contribution in [0.3, 0.4) is 0 Å². The van der Waals surface area contributed by atoms with Crippen molar-refractivity contribution >= 4 is 30.4 Å². The molecule has 1 aromatic heterocycles. The highest BCUT2D eigenvalue weighted by Crippen LogP contribution is 2.58. The summed E-state index contributed by atoms with van der Waals surface area (Å²) in [6, 6.07) is 1.71. The van der Waals surface area contributed by atoms with Crippen LogP contribution >= 0.6 is 30.4 Å². The van der Waals surface area contributed by atoms with E-state index in [2.05, 4.69) is 4.98 Å². The maximum Gasteiger partial charge on any atom is 0.530 e. The third-order valence-corrected chi connectivity index (χ3v) is 8.08. The van der Waals surface area contributed by atoms with Gasteiger partial charge in [0.25, 0.3) is 5.56 Å². The Labute approximate surface area is 225 Å². The summed E-state index contributed by atoms with van der Waals surface area (Å²) in [4.78, 5) is 25.9. The molecule has 0 fully saturated rings. The minimum absolute atomic E-state index is 0.0848. The number of nitrogens with one attached hydrogen (secondary N) is 1. The Morgan fingerprint density at radius 2 is 1.81 bits per heavy atom. The summed E-state index contributed by atoms with van der Waals surface area (Å²) >= 11 is 1.74. The first kappa shape index (κ1) is 28.0. The van der Waals surface area contributed by atoms with Crippen molar-refractivity contribution in [3.8, 4) is 5.75 Å². The van der Waals surface area contributed by atoms with Crippen LogP contribution in [0.4, 0.5) is 8.78 Å². The van der Waals surface area contributed by atoms with Gasteiger partial charge in [0.1, 0.15) is 24.0 Å². The average molecular weight is 652 g/mol. The molecule has 1 unspecified atom stereocenters. The number of rotatable bonds is 4. The fourth-order valence-electron chi connectivity index (χ4n) is 4.00. The van der Waals surface area contributed by atoms with Crippen LogP contribution < -0.4 is 15.8 Å². The first-order valence-corrected chi connectivity index (χ1v) is 14.0. The standard InChI is InChI=1S/C24H28F2IN2O7P/c1-23(2,3)13-7-14(24(4,5)6)20-12(19(13)26)10-33-37(32,36-20)34-11-17-15(25)8-18(35-17)29-9-16(27)21(30)28-22(29)31/h7,9,18H,8,10-11H2,1-6H3,(H,28,30,31)/t18-,37?/m1/s1. The van der Waals surface area contributed by atoms with Crippen LogP contribution in [0.2, 0.25) is 0 Å². The lowest BCUT2D eigenvalue weighted by atomic mass is 9.78. The van der Waals surface area contributed by atoms with Gasteiger partial charge in [-0.25, -0.2) is 18.1 Å². The largest absolute Gasteiger partial charge is 0.530 e. The minimum atomic E-state index is -4.28. The highest BCUT2D eigenvalue weighted by molar-refractivity contribution is 14.1. The van der Waals surface area contributed by atoms with Crippen molar-refractivity contribution < 1.29 is 31.7 Å². The number of phosphoric acid groups is 1. The van der Waals surface area contributed by atoms with Gasteiger partial charge in [0.15, 0.2) is 12.0 Å². The molecule has 2 aliphatic rings. The molecule has 0 saturated carbocycles. The summed E-state index contributed by atoms with van der Waals surface area (Å²) in [5.41, 5.74) is -1.06. The third kappa shape index (κ3) is 5.57. The van der Waals surface area contributed by atoms with Crippen molar-refractivity contribution in [3.05, 3.63) is 70.8 Å². The number of halogens is 3. The Kier molecular flexibility index (Phi) is 7.28. The van der Waals surface area contributed by atoms with E-state index >= 15 is 4.39 Å². The fourth-order valence-corrected chi connectivity index (χ4v) is 5.61. The summed E-state index contributed by atoms with van der Waals surface area (Å²) in [7, 11) is -4.28. The Morgan fingerprint density at radius 1 is 1.16 bits per heavy atom. The second-order valence-electron chi connectivity index (χ2n) is 10.9. The molecule has 2 atom stereocenters. The fraction of sp³-hybridized carbons (Fsp3) is 0.500. The van der Waals surface area contributed by atoms with Gasteiger partial charge in [-0.2, -0.15) is 0 Å². The summed E-state index contributed by atoms with van der Waals surface area (Å²) in [5, 5.41) is 0. The zero-order chi connectivity index (χ0) is 27.5. The summed E-state index contributed by atoms with van der Waals surface area (Å²) < 4.78 is 66.5. The topological polar surface area (TPSA) is 109 Å². The van der Waals surface area contributed by atoms with Crippen molar-refractivity contribution in [2.24, 2.45) is 0 Å². The number of ether oxygens (including phenoxy) is 1. The van der Waals surface area contributed by atoms with E-state index in [1.807, 2.05) is 41.5 Å². The SMILES string of the molecule is CC(C)(C)c1cc(C(C)(C)C)c2c(c1F)COP(=O)(OCC1=C(F)C[C@H](n3cc(I)c(=O)[nH]c3=O)O1)O2. The molecule has 0 amide bonds. The van der Waals surface area contributed by atoms with Crippen LogP contribution in [0.25, 0.3) is 0 Å². The van der Waals surface area contributed by atoms with E-state index in [-0.39, 0.29) is 33.7 Å². The van der Waals surface area contributed by atoms with E-state index in [0.717, 1.165) is 4.57 Å². The number of fused-ring (bicyclic) bond motifs is 1. The number of aromatic amines is 1. The van der Waals surface area contributed by atoms with Gasteiger partial charge >= 0.3 is 13.5 Å². The van der Waals surface area contributed by atoms with E-state index < -0.39 is 54.4 Å². The molecule has 13 heteroatoms. The van der Waals surface area contributed by atoms with Crippen molar-refractivity contribution in [2.75, 3.05) is 6.61 Å². The average Bonchev–Trinajstić information content (AvgIpc) is 3.13. The molecular weight excluding hydrogens is 624 g/mol. The molecule has 0 bridgehead atoms. The van der Waals surface area contributed by atoms with E-state index in [1.165, 1.54) is 6.20 Å². The smallest absolute Gasteiger partial charge is 0.469 e. The summed E-state index contributed by atoms with van der Waals surface area (Å²) in [5.74, 6) is -1.44. The summed E-state index contributed by atoms with van der Waals surface area (Å²) in [6.07, 6.45) is -0.113. The van der Waals surface area contributed by atoms with Gasteiger partial charge in [0.05, 0.1) is 22.2 Å². The predicted molar refractivity (Wildman–Crippen MR) is 140 cm³/mol. The second kappa shape index (κ2) is 9.62. The predicted octanol–water partition coefficient (Wildman–Crippen LogP) is 5.71. The van der Waals surface area contributed by atoms with Crippen LogP contribution in [0.15, 0.2) is 33.4 Å². The number of benzene rings is 1. The molecular formula is C24H28F2IN2O7P. The molecule has 0 spiro atoms. The first-order valence-electron chi connectivity index (χ1n) is 11.5. The third-order valence-electron chi connectivity index (χ3n) is 6.02. The van der Waals surface area contributed by atoms with Gasteiger partial charge in [-0.3, -0.25) is 23.4 Å². The highest BCUT2D eigenvalue weighted by atomic mass is 127. The number of aromatic nitrogens is 2. The Balaban J connectivity index is 1.56. The lowest BCUT2D eigenvalue weighted by Crippen LogP contribution is -2.33. The van der Waals surface area contributed by atoms with Gasteiger partial charge < -0.3 is 9.26 Å². The molecule has 202 valence electrons. The van der Waals surface area contributed by atoms with Gasteiger partial charge in [-0.15, -0.1) is 0 Å². The zero-order valence-corrected chi connectivity index (χ0v) is 24.3. The Hall–Kier alpha value is -2.02.